The zero-order valence-electron chi connectivity index (χ0n) is 8.90. The van der Waals surface area contributed by atoms with Gasteiger partial charge in [-0.3, -0.25) is 4.39 Å². The van der Waals surface area contributed by atoms with Crippen molar-refractivity contribution < 1.29 is 13.2 Å². The van der Waals surface area contributed by atoms with Crippen molar-refractivity contribution in [2.24, 2.45) is 0 Å². The molecule has 1 aromatic rings. The molecular formula is C11H15F3N2. The van der Waals surface area contributed by atoms with Crippen LogP contribution in [0.1, 0.15) is 6.42 Å². The summed E-state index contributed by atoms with van der Waals surface area (Å²) in [6.45, 7) is 1.43. The molecule has 0 saturated carbocycles. The molecule has 0 unspecified atom stereocenters. The highest BCUT2D eigenvalue weighted by Crippen LogP contribution is 2.11. The Labute approximate surface area is 92.9 Å². The summed E-state index contributed by atoms with van der Waals surface area (Å²) in [6, 6.07) is 3.28. The largest absolute Gasteiger partial charge is 0.384 e. The van der Waals surface area contributed by atoms with Gasteiger partial charge in [0.2, 0.25) is 0 Å². The second-order valence-electron chi connectivity index (χ2n) is 3.38. The van der Waals surface area contributed by atoms with Crippen LogP contribution in [0.15, 0.2) is 18.2 Å². The van der Waals surface area contributed by atoms with Crippen molar-refractivity contribution in [2.45, 2.75) is 6.42 Å². The van der Waals surface area contributed by atoms with Crippen molar-refractivity contribution in [1.82, 2.24) is 5.32 Å². The summed E-state index contributed by atoms with van der Waals surface area (Å²) in [5.41, 5.74) is 0.407. The van der Waals surface area contributed by atoms with Crippen LogP contribution in [0.4, 0.5) is 18.9 Å². The first-order valence-electron chi connectivity index (χ1n) is 5.19. The predicted octanol–water partition coefficient (Wildman–Crippen LogP) is 2.33. The third-order valence-corrected chi connectivity index (χ3v) is 1.98. The molecule has 16 heavy (non-hydrogen) atoms. The maximum absolute atomic E-state index is 12.8. The van der Waals surface area contributed by atoms with Crippen molar-refractivity contribution in [3.63, 3.8) is 0 Å². The van der Waals surface area contributed by atoms with Gasteiger partial charge in [-0.1, -0.05) is 0 Å². The van der Waals surface area contributed by atoms with Crippen molar-refractivity contribution in [3.8, 4) is 0 Å². The monoisotopic (exact) mass is 232 g/mol. The molecule has 2 N–H and O–H groups in total. The second kappa shape index (κ2) is 7.11. The third kappa shape index (κ3) is 5.02. The molecule has 90 valence electrons. The highest BCUT2D eigenvalue weighted by atomic mass is 19.1. The minimum absolute atomic E-state index is 0.338. The quantitative estimate of drug-likeness (QED) is 0.705. The van der Waals surface area contributed by atoms with Gasteiger partial charge in [0.15, 0.2) is 0 Å². The summed E-state index contributed by atoms with van der Waals surface area (Å²) in [4.78, 5) is 0. The molecule has 1 aromatic carbocycles. The van der Waals surface area contributed by atoms with Crippen molar-refractivity contribution in [1.29, 1.82) is 0 Å². The molecule has 0 amide bonds. The van der Waals surface area contributed by atoms with Crippen LogP contribution in [0.25, 0.3) is 0 Å². The van der Waals surface area contributed by atoms with Crippen molar-refractivity contribution >= 4 is 5.69 Å². The van der Waals surface area contributed by atoms with Crippen LogP contribution in [0, 0.1) is 11.6 Å². The van der Waals surface area contributed by atoms with Crippen LogP contribution in [-0.4, -0.2) is 26.3 Å². The molecule has 0 heterocycles. The summed E-state index contributed by atoms with van der Waals surface area (Å²) in [7, 11) is 0. The zero-order valence-corrected chi connectivity index (χ0v) is 8.90. The number of halogens is 3. The van der Waals surface area contributed by atoms with Crippen LogP contribution in [0.5, 0.6) is 0 Å². The lowest BCUT2D eigenvalue weighted by Gasteiger charge is -2.07. The van der Waals surface area contributed by atoms with E-state index in [2.05, 4.69) is 10.6 Å². The van der Waals surface area contributed by atoms with E-state index in [0.29, 0.717) is 31.7 Å². The third-order valence-electron chi connectivity index (χ3n) is 1.98. The molecule has 0 aromatic heterocycles. The van der Waals surface area contributed by atoms with Gasteiger partial charge in [0.25, 0.3) is 0 Å². The Morgan fingerprint density at radius 2 is 1.62 bits per heavy atom. The van der Waals surface area contributed by atoms with E-state index in [1.807, 2.05) is 0 Å². The van der Waals surface area contributed by atoms with E-state index in [4.69, 9.17) is 0 Å². The van der Waals surface area contributed by atoms with E-state index in [9.17, 15) is 13.2 Å². The second-order valence-corrected chi connectivity index (χ2v) is 3.38. The van der Waals surface area contributed by atoms with Gasteiger partial charge in [0.1, 0.15) is 11.6 Å². The number of alkyl halides is 1. The molecule has 0 aliphatic heterocycles. The normalized spacial score (nSPS) is 10.4. The standard InChI is InChI=1S/C11H15F3N2/c12-2-1-3-15-4-5-16-11-7-9(13)6-10(14)8-11/h6-8,15-16H,1-5H2. The van der Waals surface area contributed by atoms with E-state index in [1.54, 1.807) is 0 Å². The summed E-state index contributed by atoms with van der Waals surface area (Å²) in [5, 5.41) is 5.86. The fourth-order valence-electron chi connectivity index (χ4n) is 1.27. The predicted molar refractivity (Wildman–Crippen MR) is 58.3 cm³/mol. The molecule has 0 spiro atoms. The molecule has 0 aliphatic rings. The lowest BCUT2D eigenvalue weighted by Crippen LogP contribution is -2.23. The zero-order chi connectivity index (χ0) is 11.8. The minimum Gasteiger partial charge on any atom is -0.384 e. The van der Waals surface area contributed by atoms with E-state index in [-0.39, 0.29) is 6.67 Å². The molecule has 0 bridgehead atoms. The van der Waals surface area contributed by atoms with E-state index in [1.165, 1.54) is 12.1 Å². The Morgan fingerprint density at radius 1 is 0.938 bits per heavy atom. The summed E-state index contributed by atoms with van der Waals surface area (Å²) in [6.07, 6.45) is 0.481. The van der Waals surface area contributed by atoms with Gasteiger partial charge in [-0.15, -0.1) is 0 Å². The van der Waals surface area contributed by atoms with Gasteiger partial charge in [-0.05, 0) is 25.1 Å². The van der Waals surface area contributed by atoms with E-state index in [0.717, 1.165) is 6.07 Å². The van der Waals surface area contributed by atoms with Gasteiger partial charge in [-0.25, -0.2) is 8.78 Å². The number of rotatable bonds is 7. The van der Waals surface area contributed by atoms with Crippen LogP contribution in [0.3, 0.4) is 0 Å². The Morgan fingerprint density at radius 3 is 2.25 bits per heavy atom. The maximum Gasteiger partial charge on any atom is 0.128 e. The Kier molecular flexibility index (Phi) is 5.71. The fourth-order valence-corrected chi connectivity index (χ4v) is 1.27. The Hall–Kier alpha value is -1.23. The van der Waals surface area contributed by atoms with Crippen molar-refractivity contribution in [2.75, 3.05) is 31.6 Å². The molecular weight excluding hydrogens is 217 g/mol. The number of hydrogen-bond acceptors (Lipinski definition) is 2. The van der Waals surface area contributed by atoms with E-state index >= 15 is 0 Å². The number of hydrogen-bond donors (Lipinski definition) is 2. The van der Waals surface area contributed by atoms with Crippen LogP contribution in [0.2, 0.25) is 0 Å². The average Bonchev–Trinajstić information content (AvgIpc) is 2.22. The van der Waals surface area contributed by atoms with Gasteiger partial charge in [0.05, 0.1) is 6.67 Å². The van der Waals surface area contributed by atoms with Crippen molar-refractivity contribution in [3.05, 3.63) is 29.8 Å². The van der Waals surface area contributed by atoms with E-state index < -0.39 is 11.6 Å². The lowest BCUT2D eigenvalue weighted by atomic mass is 10.3. The topological polar surface area (TPSA) is 24.1 Å². The SMILES string of the molecule is FCCCNCCNc1cc(F)cc(F)c1. The molecule has 5 heteroatoms. The molecule has 0 radical (unpaired) electrons. The molecule has 0 saturated heterocycles. The van der Waals surface area contributed by atoms with Crippen LogP contribution < -0.4 is 10.6 Å². The Bertz CT molecular complexity index is 298. The molecule has 0 atom stereocenters. The minimum atomic E-state index is -0.604. The number of anilines is 1. The molecule has 1 rings (SSSR count). The number of nitrogens with one attached hydrogen (secondary N) is 2. The number of benzene rings is 1. The summed E-state index contributed by atoms with van der Waals surface area (Å²) < 4.78 is 37.3. The van der Waals surface area contributed by atoms with Gasteiger partial charge >= 0.3 is 0 Å². The smallest absolute Gasteiger partial charge is 0.128 e. The molecule has 0 fully saturated rings. The molecule has 0 aliphatic carbocycles. The fraction of sp³-hybridized carbons (Fsp3) is 0.455. The first-order chi connectivity index (χ1) is 7.72. The average molecular weight is 232 g/mol. The molecule has 2 nitrogen and oxygen atoms in total. The van der Waals surface area contributed by atoms with Crippen LogP contribution in [-0.2, 0) is 0 Å². The van der Waals surface area contributed by atoms with Crippen LogP contribution >= 0.6 is 0 Å². The first kappa shape index (κ1) is 12.8. The Balaban J connectivity index is 2.21. The summed E-state index contributed by atoms with van der Waals surface area (Å²) in [5.74, 6) is -1.21. The highest BCUT2D eigenvalue weighted by Gasteiger charge is 1.99. The first-order valence-corrected chi connectivity index (χ1v) is 5.19. The van der Waals surface area contributed by atoms with Gasteiger partial charge < -0.3 is 10.6 Å². The van der Waals surface area contributed by atoms with Gasteiger partial charge in [-0.2, -0.15) is 0 Å². The highest BCUT2D eigenvalue weighted by molar-refractivity contribution is 5.43. The maximum atomic E-state index is 12.8. The lowest BCUT2D eigenvalue weighted by molar-refractivity contribution is 0.461. The summed E-state index contributed by atoms with van der Waals surface area (Å²) >= 11 is 0. The van der Waals surface area contributed by atoms with Gasteiger partial charge in [0, 0.05) is 24.8 Å².